The summed E-state index contributed by atoms with van der Waals surface area (Å²) in [5, 5.41) is 10.0. The molecule has 0 amide bonds. The Morgan fingerprint density at radius 2 is 2.00 bits per heavy atom. The molecule has 2 aromatic rings. The number of nitrogens with one attached hydrogen (secondary N) is 2. The number of rotatable bonds is 4. The molecule has 1 heterocycles. The number of guanidine groups is 1. The zero-order chi connectivity index (χ0) is 15.2. The average molecular weight is 442 g/mol. The summed E-state index contributed by atoms with van der Waals surface area (Å²) in [7, 11) is 1.82. The predicted octanol–water partition coefficient (Wildman–Crippen LogP) is 4.04. The van der Waals surface area contributed by atoms with Crippen LogP contribution in [-0.4, -0.2) is 24.0 Å². The number of thiazole rings is 1. The van der Waals surface area contributed by atoms with Gasteiger partial charge in [0.2, 0.25) is 0 Å². The maximum absolute atomic E-state index is 4.69. The van der Waals surface area contributed by atoms with Crippen molar-refractivity contribution in [3.05, 3.63) is 40.7 Å². The Balaban J connectivity index is 0.00000192. The SMILES string of the molecule is CN=C(NCc1nc(-c2ccccc2)cs1)NC1CCCC1.I. The summed E-state index contributed by atoms with van der Waals surface area (Å²) in [6.07, 6.45) is 5.13. The van der Waals surface area contributed by atoms with Gasteiger partial charge in [-0.3, -0.25) is 4.99 Å². The van der Waals surface area contributed by atoms with E-state index in [4.69, 9.17) is 4.98 Å². The maximum Gasteiger partial charge on any atom is 0.191 e. The first-order valence-corrected chi connectivity index (χ1v) is 8.70. The van der Waals surface area contributed by atoms with Crippen molar-refractivity contribution in [1.82, 2.24) is 15.6 Å². The Morgan fingerprint density at radius 3 is 2.70 bits per heavy atom. The lowest BCUT2D eigenvalue weighted by Crippen LogP contribution is -2.41. The lowest BCUT2D eigenvalue weighted by molar-refractivity contribution is 0.613. The lowest BCUT2D eigenvalue weighted by Gasteiger charge is -2.16. The number of hydrogen-bond acceptors (Lipinski definition) is 3. The van der Waals surface area contributed by atoms with Gasteiger partial charge in [-0.2, -0.15) is 0 Å². The highest BCUT2D eigenvalue weighted by molar-refractivity contribution is 14.0. The number of aliphatic imine (C=N–C) groups is 1. The van der Waals surface area contributed by atoms with Crippen LogP contribution in [0.1, 0.15) is 30.7 Å². The molecule has 0 spiro atoms. The van der Waals surface area contributed by atoms with Crippen LogP contribution in [0.25, 0.3) is 11.3 Å². The Hall–Kier alpha value is -1.15. The van der Waals surface area contributed by atoms with Gasteiger partial charge < -0.3 is 10.6 Å². The van der Waals surface area contributed by atoms with E-state index in [1.165, 1.54) is 31.2 Å². The molecule has 0 bridgehead atoms. The average Bonchev–Trinajstić information content (AvgIpc) is 3.24. The molecule has 23 heavy (non-hydrogen) atoms. The minimum atomic E-state index is 0. The quantitative estimate of drug-likeness (QED) is 0.427. The smallest absolute Gasteiger partial charge is 0.191 e. The fourth-order valence-electron chi connectivity index (χ4n) is 2.75. The summed E-state index contributed by atoms with van der Waals surface area (Å²) in [5.74, 6) is 0.878. The molecule has 4 nitrogen and oxygen atoms in total. The number of halogens is 1. The molecule has 3 rings (SSSR count). The number of hydrogen-bond donors (Lipinski definition) is 2. The largest absolute Gasteiger partial charge is 0.354 e. The van der Waals surface area contributed by atoms with Crippen LogP contribution in [0, 0.1) is 0 Å². The van der Waals surface area contributed by atoms with Gasteiger partial charge in [0.15, 0.2) is 5.96 Å². The molecule has 0 aliphatic heterocycles. The standard InChI is InChI=1S/C17H22N4S.HI/c1-18-17(20-14-9-5-6-10-14)19-11-16-21-15(12-22-16)13-7-3-2-4-8-13;/h2-4,7-8,12,14H,5-6,9-11H2,1H3,(H2,18,19,20);1H. The van der Waals surface area contributed by atoms with Gasteiger partial charge in [-0.15, -0.1) is 35.3 Å². The highest BCUT2D eigenvalue weighted by Crippen LogP contribution is 2.21. The minimum absolute atomic E-state index is 0. The van der Waals surface area contributed by atoms with E-state index in [9.17, 15) is 0 Å². The summed E-state index contributed by atoms with van der Waals surface area (Å²) in [6, 6.07) is 10.9. The van der Waals surface area contributed by atoms with Crippen molar-refractivity contribution < 1.29 is 0 Å². The molecule has 1 aliphatic rings. The Morgan fingerprint density at radius 1 is 1.26 bits per heavy atom. The Kier molecular flexibility index (Phi) is 7.29. The second-order valence-electron chi connectivity index (χ2n) is 5.54. The van der Waals surface area contributed by atoms with Crippen molar-refractivity contribution in [2.75, 3.05) is 7.05 Å². The summed E-state index contributed by atoms with van der Waals surface area (Å²) in [5.41, 5.74) is 2.21. The van der Waals surface area contributed by atoms with Gasteiger partial charge in [-0.05, 0) is 12.8 Å². The monoisotopic (exact) mass is 442 g/mol. The van der Waals surface area contributed by atoms with Gasteiger partial charge in [0.1, 0.15) is 5.01 Å². The van der Waals surface area contributed by atoms with E-state index in [0.29, 0.717) is 12.6 Å². The summed E-state index contributed by atoms with van der Waals surface area (Å²) in [6.45, 7) is 0.712. The summed E-state index contributed by atoms with van der Waals surface area (Å²) >= 11 is 1.68. The first-order chi connectivity index (χ1) is 10.8. The minimum Gasteiger partial charge on any atom is -0.354 e. The van der Waals surface area contributed by atoms with Gasteiger partial charge in [-0.25, -0.2) is 4.98 Å². The third-order valence-corrected chi connectivity index (χ3v) is 4.80. The number of benzene rings is 1. The first-order valence-electron chi connectivity index (χ1n) is 7.82. The second-order valence-corrected chi connectivity index (χ2v) is 6.49. The molecular formula is C17H23IN4S. The molecule has 1 fully saturated rings. The van der Waals surface area contributed by atoms with Crippen molar-refractivity contribution in [2.45, 2.75) is 38.3 Å². The van der Waals surface area contributed by atoms with Crippen molar-refractivity contribution in [2.24, 2.45) is 4.99 Å². The van der Waals surface area contributed by atoms with Gasteiger partial charge in [0.25, 0.3) is 0 Å². The van der Waals surface area contributed by atoms with Crippen LogP contribution in [0.2, 0.25) is 0 Å². The van der Waals surface area contributed by atoms with Crippen LogP contribution in [0.5, 0.6) is 0 Å². The molecule has 0 radical (unpaired) electrons. The molecule has 0 atom stereocenters. The molecular weight excluding hydrogens is 419 g/mol. The van der Waals surface area contributed by atoms with Crippen LogP contribution >= 0.6 is 35.3 Å². The van der Waals surface area contributed by atoms with Gasteiger partial charge in [-0.1, -0.05) is 43.2 Å². The molecule has 1 aromatic heterocycles. The summed E-state index contributed by atoms with van der Waals surface area (Å²) in [4.78, 5) is 8.99. The third kappa shape index (κ3) is 5.17. The van der Waals surface area contributed by atoms with Gasteiger partial charge >= 0.3 is 0 Å². The van der Waals surface area contributed by atoms with Crippen LogP contribution < -0.4 is 10.6 Å². The number of aromatic nitrogens is 1. The topological polar surface area (TPSA) is 49.3 Å². The highest BCUT2D eigenvalue weighted by atomic mass is 127. The van der Waals surface area contributed by atoms with E-state index in [1.54, 1.807) is 11.3 Å². The van der Waals surface area contributed by atoms with Crippen molar-refractivity contribution >= 4 is 41.3 Å². The first kappa shape index (κ1) is 18.2. The van der Waals surface area contributed by atoms with Gasteiger partial charge in [0.05, 0.1) is 12.2 Å². The van der Waals surface area contributed by atoms with Crippen LogP contribution in [0.15, 0.2) is 40.7 Å². The normalized spacial score (nSPS) is 15.3. The molecule has 1 saturated carbocycles. The summed E-state index contributed by atoms with van der Waals surface area (Å²) < 4.78 is 0. The van der Waals surface area contributed by atoms with Crippen molar-refractivity contribution in [3.63, 3.8) is 0 Å². The van der Waals surface area contributed by atoms with Crippen LogP contribution in [0.4, 0.5) is 0 Å². The molecule has 6 heteroatoms. The molecule has 1 aliphatic carbocycles. The van der Waals surface area contributed by atoms with Crippen molar-refractivity contribution in [3.8, 4) is 11.3 Å². The maximum atomic E-state index is 4.69. The highest BCUT2D eigenvalue weighted by Gasteiger charge is 2.16. The Labute approximate surface area is 158 Å². The third-order valence-electron chi connectivity index (χ3n) is 3.95. The van der Waals surface area contributed by atoms with Gasteiger partial charge in [0, 0.05) is 24.0 Å². The van der Waals surface area contributed by atoms with Crippen LogP contribution in [0.3, 0.4) is 0 Å². The molecule has 2 N–H and O–H groups in total. The van der Waals surface area contributed by atoms with E-state index in [2.05, 4.69) is 33.1 Å². The van der Waals surface area contributed by atoms with E-state index < -0.39 is 0 Å². The van der Waals surface area contributed by atoms with Crippen LogP contribution in [-0.2, 0) is 6.54 Å². The van der Waals surface area contributed by atoms with E-state index in [1.807, 2.05) is 25.2 Å². The van der Waals surface area contributed by atoms with E-state index in [-0.39, 0.29) is 24.0 Å². The predicted molar refractivity (Wildman–Crippen MR) is 109 cm³/mol. The lowest BCUT2D eigenvalue weighted by atomic mass is 10.2. The second kappa shape index (κ2) is 9.22. The number of nitrogens with zero attached hydrogens (tertiary/aromatic N) is 2. The van der Waals surface area contributed by atoms with E-state index >= 15 is 0 Å². The zero-order valence-electron chi connectivity index (χ0n) is 13.3. The zero-order valence-corrected chi connectivity index (χ0v) is 16.4. The fraction of sp³-hybridized carbons (Fsp3) is 0.412. The Bertz CT molecular complexity index is 621. The molecule has 0 unspecified atom stereocenters. The van der Waals surface area contributed by atoms with E-state index in [0.717, 1.165) is 16.7 Å². The molecule has 124 valence electrons. The van der Waals surface area contributed by atoms with Crippen molar-refractivity contribution in [1.29, 1.82) is 0 Å². The molecule has 1 aromatic carbocycles. The fourth-order valence-corrected chi connectivity index (χ4v) is 3.49. The molecule has 0 saturated heterocycles.